The van der Waals surface area contributed by atoms with Crippen molar-refractivity contribution in [1.29, 1.82) is 0 Å². The van der Waals surface area contributed by atoms with E-state index in [1.807, 2.05) is 0 Å². The number of carboxylic acid groups (broad SMARTS) is 1. The summed E-state index contributed by atoms with van der Waals surface area (Å²) >= 11 is 3.26. The predicted molar refractivity (Wildman–Crippen MR) is 71.9 cm³/mol. The van der Waals surface area contributed by atoms with Crippen LogP contribution in [0.1, 0.15) is 5.56 Å². The van der Waals surface area contributed by atoms with Gasteiger partial charge in [-0.05, 0) is 24.3 Å². The zero-order chi connectivity index (χ0) is 14.7. The van der Waals surface area contributed by atoms with E-state index in [4.69, 9.17) is 9.84 Å². The number of aliphatic carboxylic acids is 1. The Balaban J connectivity index is 2.32. The molecule has 1 fully saturated rings. The number of carbonyl (C=O) groups excluding carboxylic acids is 2. The van der Waals surface area contributed by atoms with Crippen LogP contribution in [0.2, 0.25) is 0 Å². The molecule has 1 aliphatic heterocycles. The summed E-state index contributed by atoms with van der Waals surface area (Å²) < 4.78 is 5.84. The van der Waals surface area contributed by atoms with Crippen LogP contribution in [0.3, 0.4) is 0 Å². The Labute approximate surface area is 121 Å². The molecule has 0 bridgehead atoms. The highest BCUT2D eigenvalue weighted by Gasteiger charge is 2.23. The lowest BCUT2D eigenvalue weighted by Gasteiger charge is -2.08. The number of hydrogen-bond donors (Lipinski definition) is 3. The highest BCUT2D eigenvalue weighted by molar-refractivity contribution is 9.10. The molecule has 104 valence electrons. The van der Waals surface area contributed by atoms with E-state index >= 15 is 0 Å². The summed E-state index contributed by atoms with van der Waals surface area (Å²) in [5, 5.41) is 13.0. The van der Waals surface area contributed by atoms with Crippen molar-refractivity contribution in [3.05, 3.63) is 33.9 Å². The van der Waals surface area contributed by atoms with Gasteiger partial charge in [-0.3, -0.25) is 10.1 Å². The summed E-state index contributed by atoms with van der Waals surface area (Å²) in [7, 11) is 0. The van der Waals surface area contributed by atoms with Crippen molar-refractivity contribution in [1.82, 2.24) is 10.6 Å². The minimum atomic E-state index is -1.11. The smallest absolute Gasteiger partial charge is 0.341 e. The number of urea groups is 1. The Hall–Kier alpha value is -2.35. The van der Waals surface area contributed by atoms with Gasteiger partial charge in [-0.1, -0.05) is 15.9 Å². The van der Waals surface area contributed by atoms with Crippen molar-refractivity contribution < 1.29 is 24.2 Å². The van der Waals surface area contributed by atoms with Crippen LogP contribution in [-0.2, 0) is 9.59 Å². The van der Waals surface area contributed by atoms with E-state index in [1.165, 1.54) is 6.08 Å². The first-order valence-electron chi connectivity index (χ1n) is 5.44. The lowest BCUT2D eigenvalue weighted by atomic mass is 10.1. The van der Waals surface area contributed by atoms with Crippen molar-refractivity contribution >= 4 is 39.9 Å². The van der Waals surface area contributed by atoms with E-state index in [-0.39, 0.29) is 11.4 Å². The summed E-state index contributed by atoms with van der Waals surface area (Å²) in [6.45, 7) is -0.504. The van der Waals surface area contributed by atoms with Crippen molar-refractivity contribution in [2.45, 2.75) is 0 Å². The fraction of sp³-hybridized carbons (Fsp3) is 0.0833. The van der Waals surface area contributed by atoms with Crippen LogP contribution in [-0.4, -0.2) is 29.6 Å². The molecule has 3 N–H and O–H groups in total. The maximum atomic E-state index is 11.4. The van der Waals surface area contributed by atoms with Crippen LogP contribution in [0, 0.1) is 0 Å². The van der Waals surface area contributed by atoms with Gasteiger partial charge in [0.1, 0.15) is 11.4 Å². The highest BCUT2D eigenvalue weighted by Crippen LogP contribution is 2.25. The number of hydrogen-bond acceptors (Lipinski definition) is 4. The van der Waals surface area contributed by atoms with Crippen molar-refractivity contribution in [3.63, 3.8) is 0 Å². The zero-order valence-electron chi connectivity index (χ0n) is 9.97. The number of halogens is 1. The molecule has 0 spiro atoms. The second-order valence-corrected chi connectivity index (χ2v) is 4.75. The Kier molecular flexibility index (Phi) is 4.04. The number of imide groups is 1. The predicted octanol–water partition coefficient (Wildman–Crippen LogP) is 1.09. The van der Waals surface area contributed by atoms with Gasteiger partial charge in [-0.25, -0.2) is 9.59 Å². The second-order valence-electron chi connectivity index (χ2n) is 3.83. The fourth-order valence-electron chi connectivity index (χ4n) is 1.54. The van der Waals surface area contributed by atoms with E-state index in [9.17, 15) is 14.4 Å². The standard InChI is InChI=1S/C12H9BrN2O5/c13-7-1-2-9(20-5-10(16)17)6(3-7)4-8-11(18)15-12(19)14-8/h1-4H,5H2,(H,16,17)(H2,14,15,18,19)/b8-4+. The van der Waals surface area contributed by atoms with Gasteiger partial charge in [-0.15, -0.1) is 0 Å². The summed E-state index contributed by atoms with van der Waals surface area (Å²) in [5.41, 5.74) is 0.529. The average Bonchev–Trinajstić information content (AvgIpc) is 2.66. The van der Waals surface area contributed by atoms with E-state index < -0.39 is 24.5 Å². The molecule has 0 unspecified atom stereocenters. The van der Waals surface area contributed by atoms with Gasteiger partial charge < -0.3 is 15.2 Å². The second kappa shape index (κ2) is 5.74. The molecule has 0 saturated carbocycles. The van der Waals surface area contributed by atoms with E-state index in [2.05, 4.69) is 26.6 Å². The fourth-order valence-corrected chi connectivity index (χ4v) is 1.92. The first kappa shape index (κ1) is 14.1. The summed E-state index contributed by atoms with van der Waals surface area (Å²) in [5.74, 6) is -1.38. The van der Waals surface area contributed by atoms with Gasteiger partial charge in [0.2, 0.25) is 0 Å². The van der Waals surface area contributed by atoms with E-state index in [0.717, 1.165) is 4.47 Å². The molecule has 0 aromatic heterocycles. The van der Waals surface area contributed by atoms with Gasteiger partial charge in [0, 0.05) is 10.0 Å². The number of ether oxygens (including phenoxy) is 1. The molecule has 0 atom stereocenters. The molecule has 20 heavy (non-hydrogen) atoms. The zero-order valence-corrected chi connectivity index (χ0v) is 11.6. The quantitative estimate of drug-likeness (QED) is 0.562. The van der Waals surface area contributed by atoms with Gasteiger partial charge in [-0.2, -0.15) is 0 Å². The van der Waals surface area contributed by atoms with Gasteiger partial charge in [0.15, 0.2) is 6.61 Å². The Morgan fingerprint density at radius 3 is 2.70 bits per heavy atom. The van der Waals surface area contributed by atoms with Crippen molar-refractivity contribution in [3.8, 4) is 5.75 Å². The number of rotatable bonds is 4. The molecule has 7 nitrogen and oxygen atoms in total. The minimum Gasteiger partial charge on any atom is -0.481 e. The molecule has 1 aromatic carbocycles. The lowest BCUT2D eigenvalue weighted by Crippen LogP contribution is -2.22. The third-order valence-electron chi connectivity index (χ3n) is 2.34. The third kappa shape index (κ3) is 3.35. The molecule has 1 saturated heterocycles. The monoisotopic (exact) mass is 340 g/mol. The molecule has 0 aliphatic carbocycles. The maximum Gasteiger partial charge on any atom is 0.341 e. The van der Waals surface area contributed by atoms with Crippen LogP contribution in [0.4, 0.5) is 4.79 Å². The minimum absolute atomic E-state index is 0.0632. The Bertz CT molecular complexity index is 626. The Morgan fingerprint density at radius 1 is 1.35 bits per heavy atom. The van der Waals surface area contributed by atoms with Crippen LogP contribution >= 0.6 is 15.9 Å². The van der Waals surface area contributed by atoms with Gasteiger partial charge in [0.25, 0.3) is 5.91 Å². The van der Waals surface area contributed by atoms with Crippen molar-refractivity contribution in [2.24, 2.45) is 0 Å². The molecule has 3 amide bonds. The van der Waals surface area contributed by atoms with E-state index in [0.29, 0.717) is 5.56 Å². The number of benzene rings is 1. The summed E-state index contributed by atoms with van der Waals surface area (Å²) in [4.78, 5) is 33.0. The van der Waals surface area contributed by atoms with E-state index in [1.54, 1.807) is 18.2 Å². The largest absolute Gasteiger partial charge is 0.481 e. The molecule has 1 heterocycles. The van der Waals surface area contributed by atoms with Crippen LogP contribution in [0.15, 0.2) is 28.4 Å². The molecule has 0 radical (unpaired) electrons. The van der Waals surface area contributed by atoms with Gasteiger partial charge >= 0.3 is 12.0 Å². The number of carbonyl (C=O) groups is 3. The first-order chi connectivity index (χ1) is 9.45. The highest BCUT2D eigenvalue weighted by atomic mass is 79.9. The SMILES string of the molecule is O=C(O)COc1ccc(Br)cc1/C=C1/NC(=O)NC1=O. The summed E-state index contributed by atoms with van der Waals surface area (Å²) in [6.07, 6.45) is 1.40. The number of carboxylic acids is 1. The summed E-state index contributed by atoms with van der Waals surface area (Å²) in [6, 6.07) is 4.27. The van der Waals surface area contributed by atoms with Crippen LogP contribution in [0.25, 0.3) is 6.08 Å². The average molecular weight is 341 g/mol. The van der Waals surface area contributed by atoms with Crippen LogP contribution < -0.4 is 15.4 Å². The molecule has 2 rings (SSSR count). The van der Waals surface area contributed by atoms with Gasteiger partial charge in [0.05, 0.1) is 0 Å². The molecule has 1 aromatic rings. The topological polar surface area (TPSA) is 105 Å². The molecule has 1 aliphatic rings. The maximum absolute atomic E-state index is 11.4. The first-order valence-corrected chi connectivity index (χ1v) is 6.23. The molecule has 8 heteroatoms. The lowest BCUT2D eigenvalue weighted by molar-refractivity contribution is -0.139. The molecular formula is C12H9BrN2O5. The number of amides is 3. The molecular weight excluding hydrogens is 332 g/mol. The third-order valence-corrected chi connectivity index (χ3v) is 2.84. The normalized spacial score (nSPS) is 15.9. The van der Waals surface area contributed by atoms with Crippen molar-refractivity contribution in [2.75, 3.05) is 6.61 Å². The van der Waals surface area contributed by atoms with Crippen LogP contribution in [0.5, 0.6) is 5.75 Å². The number of nitrogens with one attached hydrogen (secondary N) is 2. The Morgan fingerprint density at radius 2 is 2.10 bits per heavy atom.